The second-order valence-electron chi connectivity index (χ2n) is 9.32. The Morgan fingerprint density at radius 2 is 1.73 bits per heavy atom. The number of nitrogens with zero attached hydrogens (tertiary/aromatic N) is 3. The molecule has 1 saturated heterocycles. The lowest BCUT2D eigenvalue weighted by Crippen LogP contribution is -2.55. The molecule has 9 nitrogen and oxygen atoms in total. The average molecular weight is 498 g/mol. The van der Waals surface area contributed by atoms with Gasteiger partial charge in [-0.3, -0.25) is 14.5 Å². The first-order valence-corrected chi connectivity index (χ1v) is 14.2. The van der Waals surface area contributed by atoms with Crippen LogP contribution in [0.25, 0.3) is 0 Å². The van der Waals surface area contributed by atoms with E-state index >= 15 is 0 Å². The van der Waals surface area contributed by atoms with Crippen molar-refractivity contribution in [1.82, 2.24) is 13.5 Å². The minimum atomic E-state index is -3.49. The number of thiophene rings is 1. The highest BCUT2D eigenvalue weighted by Gasteiger charge is 2.35. The fraction of sp³-hybridized carbons (Fsp3) is 0.727. The van der Waals surface area contributed by atoms with Gasteiger partial charge in [0.15, 0.2) is 0 Å². The molecule has 2 heterocycles. The summed E-state index contributed by atoms with van der Waals surface area (Å²) in [7, 11) is -1.79. The molecular formula is C22H35N5O4S2. The van der Waals surface area contributed by atoms with Crippen LogP contribution in [0.4, 0.5) is 5.00 Å². The molecule has 33 heavy (non-hydrogen) atoms. The smallest absolute Gasteiger partial charge is 0.282 e. The van der Waals surface area contributed by atoms with E-state index in [1.54, 1.807) is 11.4 Å². The molecular weight excluding hydrogens is 462 g/mol. The van der Waals surface area contributed by atoms with Crippen LogP contribution in [-0.4, -0.2) is 79.6 Å². The first-order chi connectivity index (χ1) is 15.8. The summed E-state index contributed by atoms with van der Waals surface area (Å²) < 4.78 is 29.2. The third kappa shape index (κ3) is 5.43. The molecule has 0 spiro atoms. The molecule has 0 aromatic carbocycles. The Hall–Kier alpha value is -1.53. The molecule has 4 rings (SSSR count). The van der Waals surface area contributed by atoms with Crippen molar-refractivity contribution < 1.29 is 18.0 Å². The molecule has 184 valence electrons. The molecule has 0 bridgehead atoms. The van der Waals surface area contributed by atoms with Gasteiger partial charge < -0.3 is 11.1 Å². The van der Waals surface area contributed by atoms with E-state index in [-0.39, 0.29) is 18.5 Å². The summed E-state index contributed by atoms with van der Waals surface area (Å²) in [6.45, 7) is 1.88. The van der Waals surface area contributed by atoms with Crippen molar-refractivity contribution in [3.8, 4) is 0 Å². The lowest BCUT2D eigenvalue weighted by molar-refractivity contribution is -0.117. The molecule has 1 saturated carbocycles. The third-order valence-corrected chi connectivity index (χ3v) is 10.4. The number of carbonyl (C=O) groups excluding carboxylic acids is 2. The summed E-state index contributed by atoms with van der Waals surface area (Å²) in [6.07, 6.45) is 9.05. The second kappa shape index (κ2) is 10.4. The van der Waals surface area contributed by atoms with Crippen molar-refractivity contribution in [2.75, 3.05) is 45.1 Å². The van der Waals surface area contributed by atoms with Gasteiger partial charge in [0.05, 0.1) is 12.1 Å². The van der Waals surface area contributed by atoms with Crippen molar-refractivity contribution in [1.29, 1.82) is 0 Å². The van der Waals surface area contributed by atoms with Gasteiger partial charge in [0.25, 0.3) is 16.1 Å². The van der Waals surface area contributed by atoms with Gasteiger partial charge in [-0.15, -0.1) is 11.3 Å². The van der Waals surface area contributed by atoms with E-state index in [1.807, 2.05) is 4.90 Å². The maximum Gasteiger partial charge on any atom is 0.282 e. The number of primary amides is 1. The van der Waals surface area contributed by atoms with Gasteiger partial charge >= 0.3 is 0 Å². The summed E-state index contributed by atoms with van der Waals surface area (Å²) in [6, 6.07) is 0.0867. The fourth-order valence-electron chi connectivity index (χ4n) is 5.22. The Balaban J connectivity index is 1.32. The number of hydrogen-bond acceptors (Lipinski definition) is 6. The van der Waals surface area contributed by atoms with Crippen LogP contribution < -0.4 is 11.1 Å². The number of hydrogen-bond donors (Lipinski definition) is 2. The normalized spacial score (nSPS) is 21.2. The molecule has 0 atom stereocenters. The van der Waals surface area contributed by atoms with Gasteiger partial charge in [0.2, 0.25) is 5.91 Å². The van der Waals surface area contributed by atoms with E-state index in [0.717, 1.165) is 61.8 Å². The maximum atomic E-state index is 13.1. The van der Waals surface area contributed by atoms with E-state index < -0.39 is 16.1 Å². The molecule has 1 aromatic rings. The number of piperazine rings is 1. The molecule has 11 heteroatoms. The van der Waals surface area contributed by atoms with Crippen molar-refractivity contribution in [2.24, 2.45) is 5.73 Å². The van der Waals surface area contributed by atoms with Gasteiger partial charge in [-0.05, 0) is 44.1 Å². The number of nitrogens with one attached hydrogen (secondary N) is 1. The summed E-state index contributed by atoms with van der Waals surface area (Å²) in [4.78, 5) is 27.9. The monoisotopic (exact) mass is 497 g/mol. The van der Waals surface area contributed by atoms with Gasteiger partial charge in [0, 0.05) is 44.1 Å². The van der Waals surface area contributed by atoms with Crippen LogP contribution in [0.1, 0.15) is 65.7 Å². The molecule has 3 N–H and O–H groups in total. The predicted octanol–water partition coefficient (Wildman–Crippen LogP) is 1.79. The van der Waals surface area contributed by atoms with Crippen LogP contribution >= 0.6 is 11.3 Å². The summed E-state index contributed by atoms with van der Waals surface area (Å²) in [5, 5.41) is 3.45. The molecule has 2 fully saturated rings. The minimum Gasteiger partial charge on any atom is -0.365 e. The van der Waals surface area contributed by atoms with Crippen LogP contribution in [0.2, 0.25) is 0 Å². The predicted molar refractivity (Wildman–Crippen MR) is 130 cm³/mol. The SMILES string of the molecule is CN(C1CCCCC1)S(=O)(=O)N1CCN(CC(=O)Nc2sc3c(c2C(N)=O)CCCC3)CC1. The van der Waals surface area contributed by atoms with Crippen molar-refractivity contribution in [3.05, 3.63) is 16.0 Å². The average Bonchev–Trinajstić information content (AvgIpc) is 3.17. The summed E-state index contributed by atoms with van der Waals surface area (Å²) in [5.74, 6) is -0.697. The number of aryl methyl sites for hydroxylation is 1. The molecule has 1 aromatic heterocycles. The highest BCUT2D eigenvalue weighted by atomic mass is 32.2. The Morgan fingerprint density at radius 3 is 2.39 bits per heavy atom. The Kier molecular flexibility index (Phi) is 7.74. The summed E-state index contributed by atoms with van der Waals surface area (Å²) >= 11 is 1.46. The number of nitrogens with two attached hydrogens (primary N) is 1. The van der Waals surface area contributed by atoms with E-state index in [9.17, 15) is 18.0 Å². The van der Waals surface area contributed by atoms with E-state index in [4.69, 9.17) is 5.73 Å². The quantitative estimate of drug-likeness (QED) is 0.596. The molecule has 2 amide bonds. The van der Waals surface area contributed by atoms with E-state index in [2.05, 4.69) is 5.32 Å². The molecule has 1 aliphatic heterocycles. The van der Waals surface area contributed by atoms with Crippen molar-refractivity contribution >= 4 is 38.4 Å². The molecule has 2 aliphatic carbocycles. The van der Waals surface area contributed by atoms with Crippen molar-refractivity contribution in [2.45, 2.75) is 63.8 Å². The topological polar surface area (TPSA) is 116 Å². The Labute approximate surface area is 200 Å². The van der Waals surface area contributed by atoms with Crippen LogP contribution in [-0.2, 0) is 27.8 Å². The minimum absolute atomic E-state index is 0.0867. The lowest BCUT2D eigenvalue weighted by Gasteiger charge is -2.38. The number of fused-ring (bicyclic) bond motifs is 1. The number of amides is 2. The molecule has 0 unspecified atom stereocenters. The van der Waals surface area contributed by atoms with Gasteiger partial charge in [0.1, 0.15) is 5.00 Å². The first kappa shape index (κ1) is 24.6. The lowest BCUT2D eigenvalue weighted by atomic mass is 9.95. The number of rotatable bonds is 7. The maximum absolute atomic E-state index is 13.1. The largest absolute Gasteiger partial charge is 0.365 e. The highest BCUT2D eigenvalue weighted by Crippen LogP contribution is 2.37. The zero-order chi connectivity index (χ0) is 23.6. The zero-order valence-corrected chi connectivity index (χ0v) is 21.0. The van der Waals surface area contributed by atoms with Crippen molar-refractivity contribution in [3.63, 3.8) is 0 Å². The second-order valence-corrected chi connectivity index (χ2v) is 12.4. The van der Waals surface area contributed by atoms with Crippen LogP contribution in [0.3, 0.4) is 0 Å². The van der Waals surface area contributed by atoms with E-state index in [1.165, 1.54) is 22.1 Å². The van der Waals surface area contributed by atoms with Gasteiger partial charge in [-0.25, -0.2) is 0 Å². The van der Waals surface area contributed by atoms with Gasteiger partial charge in [-0.2, -0.15) is 17.0 Å². The molecule has 3 aliphatic rings. The molecule has 0 radical (unpaired) electrons. The number of carbonyl (C=O) groups is 2. The first-order valence-electron chi connectivity index (χ1n) is 12.0. The number of anilines is 1. The third-order valence-electron chi connectivity index (χ3n) is 7.15. The standard InChI is InChI=1S/C22H35N5O4S2/c1-25(16-7-3-2-4-8-16)33(30,31)27-13-11-26(12-14-27)15-19(28)24-22-20(21(23)29)17-9-5-6-10-18(17)32-22/h16H,2-15H2,1H3,(H2,23,29)(H,24,28). The summed E-state index contributed by atoms with van der Waals surface area (Å²) in [5.41, 5.74) is 7.07. The Bertz CT molecular complexity index is 979. The Morgan fingerprint density at radius 1 is 1.06 bits per heavy atom. The highest BCUT2D eigenvalue weighted by molar-refractivity contribution is 7.86. The fourth-order valence-corrected chi connectivity index (χ4v) is 8.10. The van der Waals surface area contributed by atoms with E-state index in [0.29, 0.717) is 36.7 Å². The van der Waals surface area contributed by atoms with Crippen LogP contribution in [0, 0.1) is 0 Å². The van der Waals surface area contributed by atoms with Gasteiger partial charge in [-0.1, -0.05) is 19.3 Å². The zero-order valence-electron chi connectivity index (χ0n) is 19.3. The van der Waals surface area contributed by atoms with Crippen LogP contribution in [0.5, 0.6) is 0 Å². The van der Waals surface area contributed by atoms with Crippen LogP contribution in [0.15, 0.2) is 0 Å².